The lowest BCUT2D eigenvalue weighted by Gasteiger charge is -2.30. The Labute approximate surface area is 170 Å². The van der Waals surface area contributed by atoms with Gasteiger partial charge in [0.2, 0.25) is 5.91 Å². The van der Waals surface area contributed by atoms with Crippen LogP contribution in [0.3, 0.4) is 0 Å². The number of benzene rings is 1. The number of para-hydroxylation sites is 1. The Kier molecular flexibility index (Phi) is 6.66. The first-order valence-corrected chi connectivity index (χ1v) is 9.86. The topological polar surface area (TPSA) is 87.9 Å². The van der Waals surface area contributed by atoms with Crippen LogP contribution in [0.2, 0.25) is 0 Å². The molecule has 1 amide bonds. The van der Waals surface area contributed by atoms with E-state index in [4.69, 9.17) is 4.84 Å². The fourth-order valence-corrected chi connectivity index (χ4v) is 3.56. The van der Waals surface area contributed by atoms with Gasteiger partial charge in [-0.15, -0.1) is 5.10 Å². The van der Waals surface area contributed by atoms with Crippen LogP contribution < -0.4 is 4.90 Å². The lowest BCUT2D eigenvalue weighted by molar-refractivity contribution is -0.137. The van der Waals surface area contributed by atoms with Crippen LogP contribution >= 0.6 is 0 Å². The highest BCUT2D eigenvalue weighted by atomic mass is 16.7. The maximum atomic E-state index is 13.3. The number of aromatic carboxylic acids is 1. The predicted octanol–water partition coefficient (Wildman–Crippen LogP) is 3.18. The summed E-state index contributed by atoms with van der Waals surface area (Å²) in [4.78, 5) is 32.1. The summed E-state index contributed by atoms with van der Waals surface area (Å²) < 4.78 is 1.48. The standard InChI is InChI=1S/C21H28N4O4/c1-15-9-11-16(12-10-15)20(26)24(14-29-23(2)3)19-18(21(27)28)13-25(22-19)17-7-5-4-6-8-17/h4-8,13,15-16H,9-12,14H2,1-3H3,(H,27,28). The van der Waals surface area contributed by atoms with Crippen molar-refractivity contribution in [2.24, 2.45) is 11.8 Å². The van der Waals surface area contributed by atoms with Gasteiger partial charge < -0.3 is 5.11 Å². The summed E-state index contributed by atoms with van der Waals surface area (Å²) in [6.45, 7) is 2.10. The molecule has 0 unspecified atom stereocenters. The summed E-state index contributed by atoms with van der Waals surface area (Å²) >= 11 is 0. The molecule has 2 aromatic rings. The minimum absolute atomic E-state index is 0.0336. The average molecular weight is 400 g/mol. The number of hydroxylamine groups is 2. The Balaban J connectivity index is 1.96. The van der Waals surface area contributed by atoms with Crippen molar-refractivity contribution >= 4 is 17.7 Å². The maximum Gasteiger partial charge on any atom is 0.341 e. The van der Waals surface area contributed by atoms with Crippen LogP contribution in [0.25, 0.3) is 5.69 Å². The van der Waals surface area contributed by atoms with E-state index in [9.17, 15) is 14.7 Å². The zero-order chi connectivity index (χ0) is 21.0. The van der Waals surface area contributed by atoms with Crippen molar-refractivity contribution in [2.45, 2.75) is 32.6 Å². The maximum absolute atomic E-state index is 13.3. The van der Waals surface area contributed by atoms with Gasteiger partial charge in [0.25, 0.3) is 0 Å². The van der Waals surface area contributed by atoms with Crippen LogP contribution in [0, 0.1) is 11.8 Å². The van der Waals surface area contributed by atoms with Gasteiger partial charge in [0.05, 0.1) is 5.69 Å². The average Bonchev–Trinajstić information content (AvgIpc) is 3.14. The fourth-order valence-electron chi connectivity index (χ4n) is 3.56. The number of rotatable bonds is 7. The second kappa shape index (κ2) is 9.19. The predicted molar refractivity (Wildman–Crippen MR) is 109 cm³/mol. The monoisotopic (exact) mass is 400 g/mol. The molecule has 1 heterocycles. The molecule has 0 aliphatic heterocycles. The molecule has 0 radical (unpaired) electrons. The molecule has 0 saturated heterocycles. The number of amides is 1. The fraction of sp³-hybridized carbons (Fsp3) is 0.476. The summed E-state index contributed by atoms with van der Waals surface area (Å²) in [5, 5.41) is 15.7. The number of hydrogen-bond acceptors (Lipinski definition) is 5. The molecule has 8 nitrogen and oxygen atoms in total. The van der Waals surface area contributed by atoms with E-state index in [1.54, 1.807) is 14.1 Å². The second-order valence-electron chi connectivity index (χ2n) is 7.75. The molecule has 1 N–H and O–H groups in total. The van der Waals surface area contributed by atoms with E-state index in [1.165, 1.54) is 20.8 Å². The third kappa shape index (κ3) is 5.02. The van der Waals surface area contributed by atoms with E-state index >= 15 is 0 Å². The molecule has 29 heavy (non-hydrogen) atoms. The molecule has 8 heteroatoms. The molecule has 1 aromatic heterocycles. The molecule has 1 aromatic carbocycles. The normalized spacial score (nSPS) is 19.3. The van der Waals surface area contributed by atoms with Crippen molar-refractivity contribution in [1.82, 2.24) is 14.8 Å². The van der Waals surface area contributed by atoms with E-state index in [0.717, 1.165) is 25.7 Å². The van der Waals surface area contributed by atoms with Crippen LogP contribution in [-0.4, -0.2) is 52.7 Å². The van der Waals surface area contributed by atoms with Crippen molar-refractivity contribution in [3.63, 3.8) is 0 Å². The molecule has 1 aliphatic carbocycles. The third-order valence-corrected chi connectivity index (χ3v) is 5.28. The summed E-state index contributed by atoms with van der Waals surface area (Å²) in [6.07, 6.45) is 5.00. The van der Waals surface area contributed by atoms with E-state index in [-0.39, 0.29) is 29.9 Å². The summed E-state index contributed by atoms with van der Waals surface area (Å²) in [5.74, 6) is -0.716. The molecule has 1 saturated carbocycles. The van der Waals surface area contributed by atoms with Crippen molar-refractivity contribution in [1.29, 1.82) is 0 Å². The van der Waals surface area contributed by atoms with Crippen molar-refractivity contribution in [3.8, 4) is 5.69 Å². The molecule has 156 valence electrons. The highest BCUT2D eigenvalue weighted by Gasteiger charge is 2.33. The van der Waals surface area contributed by atoms with E-state index in [1.807, 2.05) is 30.3 Å². The summed E-state index contributed by atoms with van der Waals surface area (Å²) in [7, 11) is 3.43. The molecule has 0 atom stereocenters. The second-order valence-corrected chi connectivity index (χ2v) is 7.75. The van der Waals surface area contributed by atoms with Crippen LogP contribution in [0.4, 0.5) is 5.82 Å². The Bertz CT molecular complexity index is 842. The van der Waals surface area contributed by atoms with Gasteiger partial charge in [0.1, 0.15) is 12.3 Å². The van der Waals surface area contributed by atoms with Crippen molar-refractivity contribution in [2.75, 3.05) is 25.7 Å². The molecule has 3 rings (SSSR count). The van der Waals surface area contributed by atoms with Crippen LogP contribution in [-0.2, 0) is 9.63 Å². The van der Waals surface area contributed by atoms with Crippen LogP contribution in [0.15, 0.2) is 36.5 Å². The summed E-state index contributed by atoms with van der Waals surface area (Å²) in [6, 6.07) is 9.22. The van der Waals surface area contributed by atoms with Crippen molar-refractivity contribution in [3.05, 3.63) is 42.1 Å². The molecule has 0 spiro atoms. The van der Waals surface area contributed by atoms with Gasteiger partial charge in [0, 0.05) is 26.2 Å². The SMILES string of the molecule is CC1CCC(C(=O)N(CON(C)C)c2nn(-c3ccccc3)cc2C(=O)O)CC1. The number of aromatic nitrogens is 2. The number of carboxylic acids is 1. The minimum atomic E-state index is -1.14. The Morgan fingerprint density at radius 1 is 1.17 bits per heavy atom. The van der Waals surface area contributed by atoms with Gasteiger partial charge in [-0.25, -0.2) is 9.48 Å². The number of carboxylic acid groups (broad SMARTS) is 1. The Hall–Kier alpha value is -2.71. The highest BCUT2D eigenvalue weighted by molar-refractivity contribution is 6.01. The first-order valence-electron chi connectivity index (χ1n) is 9.86. The quantitative estimate of drug-likeness (QED) is 0.567. The van der Waals surface area contributed by atoms with Gasteiger partial charge in [-0.1, -0.05) is 25.1 Å². The first-order chi connectivity index (χ1) is 13.9. The van der Waals surface area contributed by atoms with Crippen LogP contribution in [0.1, 0.15) is 43.0 Å². The number of nitrogens with zero attached hydrogens (tertiary/aromatic N) is 4. The van der Waals surface area contributed by atoms with Gasteiger partial charge in [0.15, 0.2) is 5.82 Å². The zero-order valence-electron chi connectivity index (χ0n) is 17.1. The molecule has 0 bridgehead atoms. The van der Waals surface area contributed by atoms with Gasteiger partial charge in [-0.3, -0.25) is 14.5 Å². The lowest BCUT2D eigenvalue weighted by atomic mass is 9.82. The van der Waals surface area contributed by atoms with Crippen molar-refractivity contribution < 1.29 is 19.5 Å². The smallest absolute Gasteiger partial charge is 0.341 e. The molecular formula is C21H28N4O4. The van der Waals surface area contributed by atoms with E-state index in [0.29, 0.717) is 11.6 Å². The molecule has 1 fully saturated rings. The van der Waals surface area contributed by atoms with E-state index < -0.39 is 5.97 Å². The van der Waals surface area contributed by atoms with Gasteiger partial charge in [-0.05, 0) is 43.7 Å². The first kappa shape index (κ1) is 21.0. The largest absolute Gasteiger partial charge is 0.477 e. The molecule has 1 aliphatic rings. The number of carbonyl (C=O) groups excluding carboxylic acids is 1. The lowest BCUT2D eigenvalue weighted by Crippen LogP contribution is -2.41. The molecular weight excluding hydrogens is 372 g/mol. The minimum Gasteiger partial charge on any atom is -0.477 e. The number of carbonyl (C=O) groups is 2. The third-order valence-electron chi connectivity index (χ3n) is 5.28. The summed E-state index contributed by atoms with van der Waals surface area (Å²) in [5.41, 5.74) is 0.683. The van der Waals surface area contributed by atoms with Crippen LogP contribution in [0.5, 0.6) is 0 Å². The zero-order valence-corrected chi connectivity index (χ0v) is 17.1. The Morgan fingerprint density at radius 3 is 2.41 bits per heavy atom. The van der Waals surface area contributed by atoms with Gasteiger partial charge in [-0.2, -0.15) is 5.06 Å². The van der Waals surface area contributed by atoms with Gasteiger partial charge >= 0.3 is 5.97 Å². The Morgan fingerprint density at radius 2 is 1.83 bits per heavy atom. The number of anilines is 1. The van der Waals surface area contributed by atoms with E-state index in [2.05, 4.69) is 12.0 Å². The highest BCUT2D eigenvalue weighted by Crippen LogP contribution is 2.31. The number of hydrogen-bond donors (Lipinski definition) is 1.